The van der Waals surface area contributed by atoms with Crippen molar-refractivity contribution in [1.29, 1.82) is 0 Å². The van der Waals surface area contributed by atoms with Crippen LogP contribution >= 0.6 is 11.6 Å². The third kappa shape index (κ3) is 3.32. The van der Waals surface area contributed by atoms with Crippen molar-refractivity contribution in [2.24, 2.45) is 0 Å². The maximum Gasteiger partial charge on any atom is 0.347 e. The van der Waals surface area contributed by atoms with Gasteiger partial charge in [-0.1, -0.05) is 11.6 Å². The molecular weight excluding hydrogens is 243 g/mol. The molecule has 2 unspecified atom stereocenters. The molecule has 0 bridgehead atoms. The molecular formula is C3H5ClN2O9. The van der Waals surface area contributed by atoms with Gasteiger partial charge in [0.25, 0.3) is 10.2 Å². The Morgan fingerprint density at radius 2 is 1.60 bits per heavy atom. The molecule has 15 heavy (non-hydrogen) atoms. The first-order valence-corrected chi connectivity index (χ1v) is 3.44. The third-order valence-electron chi connectivity index (χ3n) is 1.12. The summed E-state index contributed by atoms with van der Waals surface area (Å²) in [6, 6.07) is 0. The summed E-state index contributed by atoms with van der Waals surface area (Å²) in [5.74, 6) is -3.49. The molecule has 0 fully saturated rings. The van der Waals surface area contributed by atoms with Gasteiger partial charge in [-0.25, -0.2) is 0 Å². The summed E-state index contributed by atoms with van der Waals surface area (Å²) < 4.78 is 0. The molecule has 2 atom stereocenters. The lowest BCUT2D eigenvalue weighted by Gasteiger charge is -2.32. The SMILES string of the molecule is O=[N+]([O-])OC(O)(Cl)C(O)(CO)O[N+](=O)[O-]. The Labute approximate surface area is 85.6 Å². The molecule has 0 aliphatic carbocycles. The first kappa shape index (κ1) is 13.6. The average Bonchev–Trinajstić information content (AvgIpc) is 2.00. The van der Waals surface area contributed by atoms with Crippen LogP contribution in [0.1, 0.15) is 0 Å². The zero-order valence-electron chi connectivity index (χ0n) is 6.77. The highest BCUT2D eigenvalue weighted by Gasteiger charge is 2.56. The third-order valence-corrected chi connectivity index (χ3v) is 1.48. The molecule has 0 aliphatic rings. The van der Waals surface area contributed by atoms with Crippen molar-refractivity contribution in [3.63, 3.8) is 0 Å². The Morgan fingerprint density at radius 3 is 1.87 bits per heavy atom. The van der Waals surface area contributed by atoms with E-state index in [9.17, 15) is 20.2 Å². The lowest BCUT2D eigenvalue weighted by atomic mass is 10.3. The molecule has 0 heterocycles. The number of hydrogen-bond acceptors (Lipinski definition) is 9. The molecule has 0 spiro atoms. The van der Waals surface area contributed by atoms with E-state index in [1.165, 1.54) is 0 Å². The van der Waals surface area contributed by atoms with Crippen LogP contribution in [0.15, 0.2) is 0 Å². The van der Waals surface area contributed by atoms with E-state index in [4.69, 9.17) is 26.9 Å². The van der Waals surface area contributed by atoms with Gasteiger partial charge in [0.1, 0.15) is 6.61 Å². The van der Waals surface area contributed by atoms with Crippen LogP contribution in [0.25, 0.3) is 0 Å². The Morgan fingerprint density at radius 1 is 1.20 bits per heavy atom. The number of rotatable bonds is 6. The maximum atomic E-state index is 9.82. The molecule has 11 nitrogen and oxygen atoms in total. The highest BCUT2D eigenvalue weighted by Crippen LogP contribution is 2.29. The van der Waals surface area contributed by atoms with E-state index in [1.807, 2.05) is 0 Å². The molecule has 0 aromatic heterocycles. The Balaban J connectivity index is 4.90. The van der Waals surface area contributed by atoms with Crippen LogP contribution in [-0.2, 0) is 9.68 Å². The fraction of sp³-hybridized carbons (Fsp3) is 1.00. The van der Waals surface area contributed by atoms with Crippen LogP contribution in [0, 0.1) is 20.2 Å². The zero-order valence-corrected chi connectivity index (χ0v) is 7.53. The van der Waals surface area contributed by atoms with E-state index in [0.717, 1.165) is 0 Å². The molecule has 0 saturated carbocycles. The van der Waals surface area contributed by atoms with Gasteiger partial charge in [0.05, 0.1) is 0 Å². The molecule has 12 heteroatoms. The lowest BCUT2D eigenvalue weighted by Crippen LogP contribution is -2.58. The van der Waals surface area contributed by atoms with Crippen LogP contribution in [0.4, 0.5) is 0 Å². The summed E-state index contributed by atoms with van der Waals surface area (Å²) in [5, 5.41) is 39.1. The molecule has 0 radical (unpaired) electrons. The van der Waals surface area contributed by atoms with Gasteiger partial charge in [-0.15, -0.1) is 20.2 Å². The van der Waals surface area contributed by atoms with Crippen molar-refractivity contribution >= 4 is 11.6 Å². The molecule has 0 amide bonds. The van der Waals surface area contributed by atoms with Gasteiger partial charge in [-0.05, 0) is 0 Å². The van der Waals surface area contributed by atoms with Crippen molar-refractivity contribution in [3.05, 3.63) is 20.2 Å². The fourth-order valence-corrected chi connectivity index (χ4v) is 0.627. The second-order valence-electron chi connectivity index (χ2n) is 2.13. The minimum Gasteiger partial charge on any atom is -0.391 e. The van der Waals surface area contributed by atoms with Gasteiger partial charge in [0.15, 0.2) is 0 Å². The van der Waals surface area contributed by atoms with Gasteiger partial charge in [0, 0.05) is 0 Å². The van der Waals surface area contributed by atoms with E-state index in [2.05, 4.69) is 9.68 Å². The normalized spacial score (nSPS) is 18.4. The summed E-state index contributed by atoms with van der Waals surface area (Å²) in [6.07, 6.45) is 0. The zero-order chi connectivity index (χ0) is 12.3. The minimum atomic E-state index is -3.63. The molecule has 0 rings (SSSR count). The summed E-state index contributed by atoms with van der Waals surface area (Å²) in [7, 11) is 0. The van der Waals surface area contributed by atoms with Crippen LogP contribution in [0.2, 0.25) is 0 Å². The quantitative estimate of drug-likeness (QED) is 0.208. The van der Waals surface area contributed by atoms with Crippen LogP contribution in [0.3, 0.4) is 0 Å². The van der Waals surface area contributed by atoms with Crippen LogP contribution in [0.5, 0.6) is 0 Å². The standard InChI is InChI=1S/C3H5ClN2O9/c4-3(9,15-6(12)13)2(8,1-7)14-5(10)11/h7-9H,1H2. The largest absolute Gasteiger partial charge is 0.391 e. The fourth-order valence-electron chi connectivity index (χ4n) is 0.476. The van der Waals surface area contributed by atoms with Crippen molar-refractivity contribution in [3.8, 4) is 0 Å². The Kier molecular flexibility index (Phi) is 3.97. The predicted octanol–water partition coefficient (Wildman–Crippen LogP) is -2.03. The molecule has 3 N–H and O–H groups in total. The number of hydrogen-bond donors (Lipinski definition) is 3. The monoisotopic (exact) mass is 248 g/mol. The molecule has 0 aromatic rings. The topological polar surface area (TPSA) is 165 Å². The highest BCUT2D eigenvalue weighted by molar-refractivity contribution is 6.22. The average molecular weight is 249 g/mol. The number of halogens is 1. The smallest absolute Gasteiger partial charge is 0.347 e. The summed E-state index contributed by atoms with van der Waals surface area (Å²) in [5.41, 5.74) is 0. The summed E-state index contributed by atoms with van der Waals surface area (Å²) in [4.78, 5) is 26.3. The van der Waals surface area contributed by atoms with Crippen molar-refractivity contribution in [2.45, 2.75) is 11.0 Å². The Hall–Kier alpha value is -1.43. The van der Waals surface area contributed by atoms with Crippen molar-refractivity contribution in [2.75, 3.05) is 6.61 Å². The minimum absolute atomic E-state index is 1.62. The first-order chi connectivity index (χ1) is 6.64. The van der Waals surface area contributed by atoms with Crippen LogP contribution in [-0.4, -0.2) is 43.1 Å². The summed E-state index contributed by atoms with van der Waals surface area (Å²) >= 11 is 4.83. The molecule has 0 aliphatic heterocycles. The van der Waals surface area contributed by atoms with E-state index in [-0.39, 0.29) is 0 Å². The first-order valence-electron chi connectivity index (χ1n) is 3.06. The Bertz CT molecular complexity index is 268. The number of aliphatic hydroxyl groups excluding tert-OH is 1. The van der Waals surface area contributed by atoms with E-state index < -0.39 is 27.8 Å². The van der Waals surface area contributed by atoms with Crippen molar-refractivity contribution in [1.82, 2.24) is 0 Å². The molecule has 0 aromatic carbocycles. The van der Waals surface area contributed by atoms with Gasteiger partial charge in [-0.3, -0.25) is 9.68 Å². The van der Waals surface area contributed by atoms with E-state index in [0.29, 0.717) is 0 Å². The molecule has 0 saturated heterocycles. The highest BCUT2D eigenvalue weighted by atomic mass is 35.5. The predicted molar refractivity (Wildman–Crippen MR) is 39.0 cm³/mol. The number of alkyl halides is 1. The second-order valence-corrected chi connectivity index (χ2v) is 2.65. The summed E-state index contributed by atoms with van der Waals surface area (Å²) in [6.45, 7) is -1.62. The van der Waals surface area contributed by atoms with Gasteiger partial charge < -0.3 is 15.3 Å². The lowest BCUT2D eigenvalue weighted by molar-refractivity contribution is -0.839. The van der Waals surface area contributed by atoms with E-state index >= 15 is 0 Å². The maximum absolute atomic E-state index is 9.82. The number of aliphatic hydroxyl groups is 3. The molecule has 88 valence electrons. The van der Waals surface area contributed by atoms with Gasteiger partial charge >= 0.3 is 11.0 Å². The van der Waals surface area contributed by atoms with Crippen molar-refractivity contribution < 1.29 is 35.2 Å². The van der Waals surface area contributed by atoms with E-state index in [1.54, 1.807) is 0 Å². The van der Waals surface area contributed by atoms with Gasteiger partial charge in [-0.2, -0.15) is 0 Å². The van der Waals surface area contributed by atoms with Crippen LogP contribution < -0.4 is 0 Å². The second kappa shape index (κ2) is 4.39. The van der Waals surface area contributed by atoms with Gasteiger partial charge in [0.2, 0.25) is 0 Å². The number of nitrogens with zero attached hydrogens (tertiary/aromatic N) is 2.